The van der Waals surface area contributed by atoms with Gasteiger partial charge in [0, 0.05) is 6.61 Å². The molecule has 0 saturated carbocycles. The highest BCUT2D eigenvalue weighted by atomic mass is 28.4. The third-order valence-electron chi connectivity index (χ3n) is 6.33. The molecule has 0 aromatic heterocycles. The van der Waals surface area contributed by atoms with Crippen LogP contribution in [0.4, 0.5) is 0 Å². The summed E-state index contributed by atoms with van der Waals surface area (Å²) in [5.74, 6) is 0. The molecule has 0 aliphatic carbocycles. The van der Waals surface area contributed by atoms with Crippen LogP contribution < -0.4 is 0 Å². The van der Waals surface area contributed by atoms with E-state index in [1.807, 2.05) is 0 Å². The molecule has 0 spiro atoms. The van der Waals surface area contributed by atoms with E-state index in [1.165, 1.54) is 62.5 Å². The van der Waals surface area contributed by atoms with E-state index in [2.05, 4.69) is 89.1 Å². The van der Waals surface area contributed by atoms with E-state index in [-0.39, 0.29) is 0 Å². The second kappa shape index (κ2) is 13.6. The van der Waals surface area contributed by atoms with E-state index < -0.39 is 8.32 Å². The molecule has 3 nitrogen and oxygen atoms in total. The van der Waals surface area contributed by atoms with Crippen molar-refractivity contribution < 1.29 is 4.43 Å². The van der Waals surface area contributed by atoms with Crippen molar-refractivity contribution in [1.29, 1.82) is 0 Å². The molecule has 0 N–H and O–H groups in total. The zero-order chi connectivity index (χ0) is 21.8. The van der Waals surface area contributed by atoms with Crippen LogP contribution in [0.25, 0.3) is 0 Å². The molecule has 1 aromatic rings. The Hall–Kier alpha value is -0.683. The standard InChI is InChI=1S/C25H48N2OSi/c1-8-28-29(9-2,22-17-24-15-11-10-12-16-24)23-25(3,18-13-20-26(4)5)19-14-21-27(6)7/h10-12,15-16H,8-9,13-14,17-23H2,1-7H3. The minimum atomic E-state index is -1.77. The maximum absolute atomic E-state index is 6.67. The van der Waals surface area contributed by atoms with Crippen LogP contribution in [0.1, 0.15) is 52.0 Å². The molecule has 29 heavy (non-hydrogen) atoms. The smallest absolute Gasteiger partial charge is 0.193 e. The highest BCUT2D eigenvalue weighted by Crippen LogP contribution is 2.41. The molecule has 0 aliphatic rings. The third kappa shape index (κ3) is 10.8. The Labute approximate surface area is 183 Å². The van der Waals surface area contributed by atoms with Gasteiger partial charge >= 0.3 is 0 Å². The molecule has 0 fully saturated rings. The van der Waals surface area contributed by atoms with Crippen LogP contribution >= 0.6 is 0 Å². The van der Waals surface area contributed by atoms with Gasteiger partial charge in [0.1, 0.15) is 0 Å². The van der Waals surface area contributed by atoms with E-state index in [0.29, 0.717) is 5.41 Å². The molecule has 168 valence electrons. The maximum Gasteiger partial charge on any atom is 0.193 e. The van der Waals surface area contributed by atoms with Crippen molar-refractivity contribution in [3.8, 4) is 0 Å². The van der Waals surface area contributed by atoms with Crippen LogP contribution in [-0.2, 0) is 10.8 Å². The molecule has 0 aliphatic heterocycles. The van der Waals surface area contributed by atoms with Crippen molar-refractivity contribution in [2.45, 2.75) is 71.0 Å². The molecule has 1 atom stereocenters. The molecule has 0 bridgehead atoms. The highest BCUT2D eigenvalue weighted by molar-refractivity contribution is 6.73. The molecular formula is C25H48N2OSi. The van der Waals surface area contributed by atoms with Crippen LogP contribution in [0.5, 0.6) is 0 Å². The number of hydrogen-bond donors (Lipinski definition) is 0. The van der Waals surface area contributed by atoms with E-state index in [4.69, 9.17) is 4.43 Å². The minimum Gasteiger partial charge on any atom is -0.417 e. The summed E-state index contributed by atoms with van der Waals surface area (Å²) >= 11 is 0. The average molecular weight is 421 g/mol. The van der Waals surface area contributed by atoms with E-state index in [0.717, 1.165) is 13.0 Å². The molecule has 0 radical (unpaired) electrons. The van der Waals surface area contributed by atoms with Crippen LogP contribution in [0.15, 0.2) is 30.3 Å². The van der Waals surface area contributed by atoms with Gasteiger partial charge in [-0.1, -0.05) is 44.2 Å². The molecule has 0 saturated heterocycles. The Bertz CT molecular complexity index is 521. The van der Waals surface area contributed by atoms with Crippen LogP contribution in [-0.4, -0.2) is 66.0 Å². The van der Waals surface area contributed by atoms with Gasteiger partial charge < -0.3 is 14.2 Å². The molecule has 1 aromatic carbocycles. The average Bonchev–Trinajstić information content (AvgIpc) is 2.66. The molecule has 1 rings (SSSR count). The highest BCUT2D eigenvalue weighted by Gasteiger charge is 2.40. The maximum atomic E-state index is 6.67. The molecular weight excluding hydrogens is 372 g/mol. The van der Waals surface area contributed by atoms with Crippen molar-refractivity contribution in [2.24, 2.45) is 5.41 Å². The van der Waals surface area contributed by atoms with Gasteiger partial charge in [-0.05, 0) is 109 Å². The monoisotopic (exact) mass is 420 g/mol. The fourth-order valence-electron chi connectivity index (χ4n) is 4.66. The summed E-state index contributed by atoms with van der Waals surface area (Å²) in [5, 5.41) is 0. The largest absolute Gasteiger partial charge is 0.417 e. The third-order valence-corrected chi connectivity index (χ3v) is 11.2. The van der Waals surface area contributed by atoms with E-state index >= 15 is 0 Å². The first-order valence-corrected chi connectivity index (χ1v) is 14.2. The molecule has 0 heterocycles. The van der Waals surface area contributed by atoms with Gasteiger partial charge in [0.25, 0.3) is 0 Å². The van der Waals surface area contributed by atoms with Crippen LogP contribution in [0.2, 0.25) is 18.1 Å². The number of aryl methyl sites for hydroxylation is 1. The number of hydrogen-bond acceptors (Lipinski definition) is 3. The van der Waals surface area contributed by atoms with Gasteiger partial charge in [0.05, 0.1) is 0 Å². The number of benzene rings is 1. The lowest BCUT2D eigenvalue weighted by Gasteiger charge is -2.40. The Morgan fingerprint density at radius 1 is 0.897 bits per heavy atom. The lowest BCUT2D eigenvalue weighted by molar-refractivity contribution is 0.231. The summed E-state index contributed by atoms with van der Waals surface area (Å²) in [6.07, 6.45) is 6.35. The fourth-order valence-corrected chi connectivity index (χ4v) is 9.16. The number of nitrogens with zero attached hydrogens (tertiary/aromatic N) is 2. The lowest BCUT2D eigenvalue weighted by Crippen LogP contribution is -2.43. The second-order valence-electron chi connectivity index (χ2n) is 9.76. The van der Waals surface area contributed by atoms with Gasteiger partial charge in [0.15, 0.2) is 8.32 Å². The summed E-state index contributed by atoms with van der Waals surface area (Å²) < 4.78 is 6.67. The Balaban J connectivity index is 2.91. The predicted molar refractivity (Wildman–Crippen MR) is 131 cm³/mol. The second-order valence-corrected chi connectivity index (χ2v) is 14.0. The first-order valence-electron chi connectivity index (χ1n) is 11.7. The number of rotatable bonds is 16. The predicted octanol–water partition coefficient (Wildman–Crippen LogP) is 5.92. The Morgan fingerprint density at radius 2 is 1.45 bits per heavy atom. The minimum absolute atomic E-state index is 0.389. The van der Waals surface area contributed by atoms with Crippen molar-refractivity contribution in [3.63, 3.8) is 0 Å². The van der Waals surface area contributed by atoms with Gasteiger partial charge in [0.2, 0.25) is 0 Å². The summed E-state index contributed by atoms with van der Waals surface area (Å²) in [6, 6.07) is 14.8. The van der Waals surface area contributed by atoms with E-state index in [9.17, 15) is 0 Å². The summed E-state index contributed by atoms with van der Waals surface area (Å²) in [6.45, 7) is 10.4. The first kappa shape index (κ1) is 26.4. The lowest BCUT2D eigenvalue weighted by atomic mass is 9.82. The van der Waals surface area contributed by atoms with Gasteiger partial charge in [-0.3, -0.25) is 0 Å². The summed E-state index contributed by atoms with van der Waals surface area (Å²) in [5.41, 5.74) is 1.85. The van der Waals surface area contributed by atoms with E-state index in [1.54, 1.807) is 0 Å². The SMILES string of the molecule is CCO[Si](CC)(CCc1ccccc1)CC(C)(CCCN(C)C)CCCN(C)C. The van der Waals surface area contributed by atoms with Gasteiger partial charge in [-0.25, -0.2) is 0 Å². The fraction of sp³-hybridized carbons (Fsp3) is 0.760. The summed E-state index contributed by atoms with van der Waals surface area (Å²) in [7, 11) is 6.99. The molecule has 4 heteroatoms. The van der Waals surface area contributed by atoms with Gasteiger partial charge in [-0.15, -0.1) is 0 Å². The van der Waals surface area contributed by atoms with Crippen LogP contribution in [0.3, 0.4) is 0 Å². The van der Waals surface area contributed by atoms with Crippen molar-refractivity contribution >= 4 is 8.32 Å². The van der Waals surface area contributed by atoms with Gasteiger partial charge in [-0.2, -0.15) is 0 Å². The molecule has 1 unspecified atom stereocenters. The zero-order valence-corrected chi connectivity index (χ0v) is 21.5. The Morgan fingerprint density at radius 3 is 1.90 bits per heavy atom. The summed E-state index contributed by atoms with van der Waals surface area (Å²) in [4.78, 5) is 4.64. The van der Waals surface area contributed by atoms with Crippen LogP contribution in [0, 0.1) is 5.41 Å². The van der Waals surface area contributed by atoms with Crippen molar-refractivity contribution in [2.75, 3.05) is 47.9 Å². The van der Waals surface area contributed by atoms with Crippen molar-refractivity contribution in [1.82, 2.24) is 9.80 Å². The quantitative estimate of drug-likeness (QED) is 0.309. The van der Waals surface area contributed by atoms with Crippen molar-refractivity contribution in [3.05, 3.63) is 35.9 Å². The molecule has 0 amide bonds. The first-order chi connectivity index (χ1) is 13.7. The Kier molecular flexibility index (Phi) is 12.3. The topological polar surface area (TPSA) is 15.7 Å². The normalized spacial score (nSPS) is 14.5. The zero-order valence-electron chi connectivity index (χ0n) is 20.5.